The molecule has 2 aromatic heterocycles. The van der Waals surface area contributed by atoms with E-state index < -0.39 is 0 Å². The van der Waals surface area contributed by atoms with Crippen molar-refractivity contribution in [2.45, 2.75) is 13.1 Å². The number of hydrogen-bond acceptors (Lipinski definition) is 4. The van der Waals surface area contributed by atoms with Crippen LogP contribution in [0.3, 0.4) is 0 Å². The summed E-state index contributed by atoms with van der Waals surface area (Å²) >= 11 is 0. The molecular weight excluding hydrogens is 288 g/mol. The van der Waals surface area contributed by atoms with Gasteiger partial charge in [0.1, 0.15) is 11.5 Å². The zero-order valence-corrected chi connectivity index (χ0v) is 12.9. The highest BCUT2D eigenvalue weighted by atomic mass is 16.3. The maximum Gasteiger partial charge on any atom is 0.134 e. The Kier molecular flexibility index (Phi) is 5.19. The third kappa shape index (κ3) is 4.28. The van der Waals surface area contributed by atoms with Crippen LogP contribution < -0.4 is 0 Å². The molecule has 0 atom stereocenters. The van der Waals surface area contributed by atoms with E-state index in [4.69, 9.17) is 4.42 Å². The smallest absolute Gasteiger partial charge is 0.134 e. The molecule has 3 rings (SSSR count). The largest absolute Gasteiger partial charge is 0.460 e. The molecule has 0 saturated carbocycles. The summed E-state index contributed by atoms with van der Waals surface area (Å²) < 4.78 is 5.95. The number of hydrogen-bond donors (Lipinski definition) is 1. The van der Waals surface area contributed by atoms with Gasteiger partial charge in [0.2, 0.25) is 0 Å². The van der Waals surface area contributed by atoms with Crippen molar-refractivity contribution in [1.82, 2.24) is 9.88 Å². The molecule has 0 aliphatic heterocycles. The van der Waals surface area contributed by atoms with Gasteiger partial charge in [0.25, 0.3) is 0 Å². The summed E-state index contributed by atoms with van der Waals surface area (Å²) in [5.74, 6) is 1.76. The van der Waals surface area contributed by atoms with Gasteiger partial charge in [0.15, 0.2) is 0 Å². The van der Waals surface area contributed by atoms with E-state index >= 15 is 0 Å². The molecule has 0 aliphatic carbocycles. The van der Waals surface area contributed by atoms with E-state index in [1.807, 2.05) is 60.8 Å². The Morgan fingerprint density at radius 3 is 2.57 bits per heavy atom. The number of pyridine rings is 1. The van der Waals surface area contributed by atoms with E-state index in [2.05, 4.69) is 9.88 Å². The van der Waals surface area contributed by atoms with Crippen LogP contribution in [0.4, 0.5) is 0 Å². The number of nitrogens with zero attached hydrogens (tertiary/aromatic N) is 2. The second kappa shape index (κ2) is 7.72. The molecule has 0 spiro atoms. The minimum absolute atomic E-state index is 0.118. The molecule has 118 valence electrons. The molecule has 2 heterocycles. The van der Waals surface area contributed by atoms with Crippen molar-refractivity contribution < 1.29 is 9.52 Å². The topological polar surface area (TPSA) is 49.5 Å². The molecule has 4 nitrogen and oxygen atoms in total. The number of furan rings is 1. The highest BCUT2D eigenvalue weighted by molar-refractivity contribution is 5.57. The standard InChI is InChI=1S/C19H20N2O2/c22-12-11-21(14-16-5-4-10-20-13-16)15-18-8-9-19(23-18)17-6-2-1-3-7-17/h1-10,13,22H,11-12,14-15H2. The van der Waals surface area contributed by atoms with E-state index in [1.54, 1.807) is 6.20 Å². The van der Waals surface area contributed by atoms with E-state index in [-0.39, 0.29) is 6.61 Å². The Hall–Kier alpha value is -2.43. The number of benzene rings is 1. The van der Waals surface area contributed by atoms with E-state index in [9.17, 15) is 5.11 Å². The van der Waals surface area contributed by atoms with Crippen LogP contribution in [0.1, 0.15) is 11.3 Å². The predicted molar refractivity (Wildman–Crippen MR) is 89.6 cm³/mol. The first-order valence-corrected chi connectivity index (χ1v) is 7.71. The van der Waals surface area contributed by atoms with Crippen molar-refractivity contribution in [3.8, 4) is 11.3 Å². The lowest BCUT2D eigenvalue weighted by atomic mass is 10.2. The molecule has 23 heavy (non-hydrogen) atoms. The molecular formula is C19H20N2O2. The summed E-state index contributed by atoms with van der Waals surface area (Å²) in [5, 5.41) is 9.29. The fourth-order valence-electron chi connectivity index (χ4n) is 2.55. The van der Waals surface area contributed by atoms with Crippen LogP contribution in [0.5, 0.6) is 0 Å². The van der Waals surface area contributed by atoms with Gasteiger partial charge in [-0.25, -0.2) is 0 Å². The Labute approximate surface area is 136 Å². The highest BCUT2D eigenvalue weighted by Crippen LogP contribution is 2.22. The van der Waals surface area contributed by atoms with E-state index in [0.29, 0.717) is 13.1 Å². The van der Waals surface area contributed by atoms with Crippen molar-refractivity contribution in [2.24, 2.45) is 0 Å². The van der Waals surface area contributed by atoms with Crippen molar-refractivity contribution >= 4 is 0 Å². The summed E-state index contributed by atoms with van der Waals surface area (Å²) in [6.07, 6.45) is 3.61. The first-order valence-electron chi connectivity index (χ1n) is 7.71. The summed E-state index contributed by atoms with van der Waals surface area (Å²) in [6.45, 7) is 2.10. The van der Waals surface area contributed by atoms with Crippen LogP contribution in [0.25, 0.3) is 11.3 Å². The highest BCUT2D eigenvalue weighted by Gasteiger charge is 2.10. The molecule has 0 radical (unpaired) electrons. The van der Waals surface area contributed by atoms with Crippen LogP contribution in [0, 0.1) is 0 Å². The minimum atomic E-state index is 0.118. The zero-order chi connectivity index (χ0) is 15.9. The Bertz CT molecular complexity index is 711. The van der Waals surface area contributed by atoms with Gasteiger partial charge >= 0.3 is 0 Å². The summed E-state index contributed by atoms with van der Waals surface area (Å²) in [7, 11) is 0. The molecule has 0 amide bonds. The van der Waals surface area contributed by atoms with Gasteiger partial charge in [-0.1, -0.05) is 36.4 Å². The number of rotatable bonds is 7. The van der Waals surface area contributed by atoms with Crippen molar-refractivity contribution in [2.75, 3.05) is 13.2 Å². The average molecular weight is 308 g/mol. The Morgan fingerprint density at radius 1 is 0.957 bits per heavy atom. The molecule has 1 aromatic carbocycles. The fraction of sp³-hybridized carbons (Fsp3) is 0.211. The SMILES string of the molecule is OCCN(Cc1cccnc1)Cc1ccc(-c2ccccc2)o1. The summed E-state index contributed by atoms with van der Waals surface area (Å²) in [4.78, 5) is 6.28. The monoisotopic (exact) mass is 308 g/mol. The number of aromatic nitrogens is 1. The average Bonchev–Trinajstić information content (AvgIpc) is 3.05. The molecule has 3 aromatic rings. The first-order chi connectivity index (χ1) is 11.3. The summed E-state index contributed by atoms with van der Waals surface area (Å²) in [6, 6.07) is 18.0. The van der Waals surface area contributed by atoms with Gasteiger partial charge in [0, 0.05) is 31.0 Å². The Balaban J connectivity index is 1.69. The minimum Gasteiger partial charge on any atom is -0.460 e. The number of aliphatic hydroxyl groups excluding tert-OH is 1. The molecule has 1 N–H and O–H groups in total. The molecule has 0 bridgehead atoms. The second-order valence-corrected chi connectivity index (χ2v) is 5.43. The zero-order valence-electron chi connectivity index (χ0n) is 12.9. The van der Waals surface area contributed by atoms with Crippen LogP contribution in [-0.4, -0.2) is 28.1 Å². The quantitative estimate of drug-likeness (QED) is 0.727. The maximum absolute atomic E-state index is 9.29. The molecule has 4 heteroatoms. The maximum atomic E-state index is 9.29. The fourth-order valence-corrected chi connectivity index (χ4v) is 2.55. The van der Waals surface area contributed by atoms with Crippen LogP contribution >= 0.6 is 0 Å². The number of aliphatic hydroxyl groups is 1. The van der Waals surface area contributed by atoms with Gasteiger partial charge in [0.05, 0.1) is 13.2 Å². The van der Waals surface area contributed by atoms with E-state index in [0.717, 1.165) is 29.2 Å². The van der Waals surface area contributed by atoms with E-state index in [1.165, 1.54) is 0 Å². The molecule has 0 aliphatic rings. The van der Waals surface area contributed by atoms with Crippen molar-refractivity contribution in [3.63, 3.8) is 0 Å². The lowest BCUT2D eigenvalue weighted by molar-refractivity contribution is 0.175. The lowest BCUT2D eigenvalue weighted by Gasteiger charge is -2.19. The van der Waals surface area contributed by atoms with Gasteiger partial charge in [-0.15, -0.1) is 0 Å². The third-order valence-corrected chi connectivity index (χ3v) is 3.64. The normalized spacial score (nSPS) is 11.0. The van der Waals surface area contributed by atoms with Gasteiger partial charge in [-0.3, -0.25) is 9.88 Å². The van der Waals surface area contributed by atoms with Crippen LogP contribution in [0.2, 0.25) is 0 Å². The van der Waals surface area contributed by atoms with Gasteiger partial charge < -0.3 is 9.52 Å². The van der Waals surface area contributed by atoms with Crippen LogP contribution in [-0.2, 0) is 13.1 Å². The van der Waals surface area contributed by atoms with Crippen LogP contribution in [0.15, 0.2) is 71.4 Å². The first kappa shape index (κ1) is 15.5. The Morgan fingerprint density at radius 2 is 1.83 bits per heavy atom. The predicted octanol–water partition coefficient (Wildman–Crippen LogP) is 3.34. The lowest BCUT2D eigenvalue weighted by Crippen LogP contribution is -2.25. The van der Waals surface area contributed by atoms with Gasteiger partial charge in [-0.2, -0.15) is 0 Å². The molecule has 0 fully saturated rings. The second-order valence-electron chi connectivity index (χ2n) is 5.43. The molecule has 0 unspecified atom stereocenters. The third-order valence-electron chi connectivity index (χ3n) is 3.64. The van der Waals surface area contributed by atoms with Crippen molar-refractivity contribution in [3.05, 3.63) is 78.3 Å². The summed E-state index contributed by atoms with van der Waals surface area (Å²) in [5.41, 5.74) is 2.19. The van der Waals surface area contributed by atoms with Crippen molar-refractivity contribution in [1.29, 1.82) is 0 Å². The van der Waals surface area contributed by atoms with Gasteiger partial charge in [-0.05, 0) is 23.8 Å². The molecule has 0 saturated heterocycles.